The van der Waals surface area contributed by atoms with E-state index in [1.807, 2.05) is 24.3 Å². The first-order valence-electron chi connectivity index (χ1n) is 9.33. The number of aromatic nitrogens is 1. The molecule has 27 heavy (non-hydrogen) atoms. The lowest BCUT2D eigenvalue weighted by molar-refractivity contribution is 0.408. The van der Waals surface area contributed by atoms with Gasteiger partial charge in [-0.05, 0) is 63.8 Å². The summed E-state index contributed by atoms with van der Waals surface area (Å²) in [6.45, 7) is 6.04. The second-order valence-corrected chi connectivity index (χ2v) is 10.6. The fourth-order valence-electron chi connectivity index (χ4n) is 3.53. The maximum Gasteiger partial charge on any atom is 0.200 e. The molecule has 0 saturated carbocycles. The molecule has 0 N–H and O–H groups in total. The van der Waals surface area contributed by atoms with Gasteiger partial charge in [-0.1, -0.05) is 18.2 Å². The minimum Gasteiger partial charge on any atom is -0.496 e. The molecule has 146 valence electrons. The van der Waals surface area contributed by atoms with Gasteiger partial charge in [0, 0.05) is 12.6 Å². The van der Waals surface area contributed by atoms with Crippen molar-refractivity contribution < 1.29 is 13.2 Å². The number of para-hydroxylation sites is 1. The molecule has 0 aliphatic carbocycles. The molecule has 1 atom stereocenters. The number of nitrogens with zero attached hydrogens (tertiary/aromatic N) is 2. The molecule has 1 aliphatic rings. The summed E-state index contributed by atoms with van der Waals surface area (Å²) in [7, 11) is -1.74. The van der Waals surface area contributed by atoms with Crippen molar-refractivity contribution in [3.8, 4) is 5.75 Å². The van der Waals surface area contributed by atoms with Crippen molar-refractivity contribution in [3.63, 3.8) is 0 Å². The van der Waals surface area contributed by atoms with Crippen molar-refractivity contribution in [2.24, 2.45) is 0 Å². The second-order valence-electron chi connectivity index (χ2n) is 7.98. The summed E-state index contributed by atoms with van der Waals surface area (Å²) >= 11 is 0. The predicted molar refractivity (Wildman–Crippen MR) is 108 cm³/mol. The number of rotatable bonds is 5. The Morgan fingerprint density at radius 2 is 1.93 bits per heavy atom. The number of benzene rings is 1. The van der Waals surface area contributed by atoms with Gasteiger partial charge in [0.05, 0.1) is 23.7 Å². The van der Waals surface area contributed by atoms with Gasteiger partial charge in [0.15, 0.2) is 14.9 Å². The van der Waals surface area contributed by atoms with E-state index in [0.29, 0.717) is 6.04 Å². The average Bonchev–Trinajstić information content (AvgIpc) is 3.09. The lowest BCUT2D eigenvalue weighted by Gasteiger charge is -2.27. The minimum atomic E-state index is -3.43. The van der Waals surface area contributed by atoms with Gasteiger partial charge in [-0.2, -0.15) is 0 Å². The van der Waals surface area contributed by atoms with Crippen LogP contribution in [0.25, 0.3) is 0 Å². The van der Waals surface area contributed by atoms with Gasteiger partial charge in [-0.25, -0.2) is 13.4 Å². The maximum atomic E-state index is 12.6. The van der Waals surface area contributed by atoms with Gasteiger partial charge in [0.25, 0.3) is 0 Å². The number of pyridine rings is 1. The molecule has 3 rings (SSSR count). The number of hydrogen-bond donors (Lipinski definition) is 0. The summed E-state index contributed by atoms with van der Waals surface area (Å²) in [6, 6.07) is 12.0. The van der Waals surface area contributed by atoms with Crippen LogP contribution in [-0.4, -0.2) is 37.8 Å². The first-order chi connectivity index (χ1) is 12.7. The lowest BCUT2D eigenvalue weighted by atomic mass is 10.0. The Balaban J connectivity index is 1.81. The molecule has 2 aromatic rings. The zero-order chi connectivity index (χ0) is 19.7. The molecule has 1 aliphatic heterocycles. The number of anilines is 1. The second kappa shape index (κ2) is 7.50. The van der Waals surface area contributed by atoms with Crippen LogP contribution in [0, 0.1) is 0 Å². The summed E-state index contributed by atoms with van der Waals surface area (Å²) in [5, 5.41) is 0.138. The van der Waals surface area contributed by atoms with Crippen LogP contribution < -0.4 is 9.64 Å². The van der Waals surface area contributed by atoms with Crippen LogP contribution in [-0.2, 0) is 16.3 Å². The Morgan fingerprint density at radius 3 is 2.56 bits per heavy atom. The molecule has 1 unspecified atom stereocenters. The summed E-state index contributed by atoms with van der Waals surface area (Å²) in [5.41, 5.74) is 2.16. The highest BCUT2D eigenvalue weighted by molar-refractivity contribution is 7.92. The van der Waals surface area contributed by atoms with Crippen LogP contribution in [0.1, 0.15) is 39.2 Å². The normalized spacial score (nSPS) is 17.9. The van der Waals surface area contributed by atoms with Crippen molar-refractivity contribution in [3.05, 3.63) is 48.2 Å². The standard InChI is InChI=1S/C21H28N2O3S/c1-21(2,3)27(24,25)20-12-11-18(15-22-20)23-13-7-9-17(23)14-16-8-5-6-10-19(16)26-4/h5-6,8,10-12,15,17H,7,9,13-14H2,1-4H3. The van der Waals surface area contributed by atoms with E-state index in [1.54, 1.807) is 40.1 Å². The zero-order valence-electron chi connectivity index (χ0n) is 16.5. The molecule has 2 heterocycles. The van der Waals surface area contributed by atoms with Gasteiger partial charge in [-0.15, -0.1) is 0 Å². The highest BCUT2D eigenvalue weighted by atomic mass is 32.2. The Bertz CT molecular complexity index is 886. The van der Waals surface area contributed by atoms with Crippen LogP contribution in [0.5, 0.6) is 5.75 Å². The number of hydrogen-bond acceptors (Lipinski definition) is 5. The summed E-state index contributed by atoms with van der Waals surface area (Å²) in [5.74, 6) is 0.911. The third-order valence-corrected chi connectivity index (χ3v) is 7.56. The Morgan fingerprint density at radius 1 is 1.19 bits per heavy atom. The van der Waals surface area contributed by atoms with Crippen LogP contribution in [0.3, 0.4) is 0 Å². The lowest BCUT2D eigenvalue weighted by Crippen LogP contribution is -2.32. The molecule has 1 saturated heterocycles. The van der Waals surface area contributed by atoms with Crippen LogP contribution in [0.4, 0.5) is 5.69 Å². The molecular formula is C21H28N2O3S. The zero-order valence-corrected chi connectivity index (χ0v) is 17.3. The Hall–Kier alpha value is -2.08. The molecule has 0 bridgehead atoms. The molecule has 0 radical (unpaired) electrons. The van der Waals surface area contributed by atoms with E-state index < -0.39 is 14.6 Å². The predicted octanol–water partition coefficient (Wildman–Crippen LogP) is 3.87. The SMILES string of the molecule is COc1ccccc1CC1CCCN1c1ccc(S(=O)(=O)C(C)(C)C)nc1. The van der Waals surface area contributed by atoms with E-state index in [1.165, 1.54) is 5.56 Å². The van der Waals surface area contributed by atoms with Crippen molar-refractivity contribution in [2.45, 2.75) is 55.8 Å². The molecular weight excluding hydrogens is 360 g/mol. The highest BCUT2D eigenvalue weighted by Crippen LogP contribution is 2.31. The molecule has 1 aromatic carbocycles. The van der Waals surface area contributed by atoms with Crippen LogP contribution >= 0.6 is 0 Å². The highest BCUT2D eigenvalue weighted by Gasteiger charge is 2.32. The van der Waals surface area contributed by atoms with Crippen molar-refractivity contribution in [2.75, 3.05) is 18.6 Å². The molecule has 1 aromatic heterocycles. The van der Waals surface area contributed by atoms with Crippen LogP contribution in [0.2, 0.25) is 0 Å². The van der Waals surface area contributed by atoms with Crippen molar-refractivity contribution in [1.29, 1.82) is 0 Å². The minimum absolute atomic E-state index is 0.138. The fourth-order valence-corrected chi connectivity index (χ4v) is 4.59. The Kier molecular flexibility index (Phi) is 5.47. The van der Waals surface area contributed by atoms with Gasteiger partial charge in [0.1, 0.15) is 5.75 Å². The first kappa shape index (κ1) is 19.7. The summed E-state index contributed by atoms with van der Waals surface area (Å²) in [4.78, 5) is 6.61. The van der Waals surface area contributed by atoms with Gasteiger partial charge >= 0.3 is 0 Å². The summed E-state index contributed by atoms with van der Waals surface area (Å²) < 4.78 is 29.8. The van der Waals surface area contributed by atoms with Gasteiger partial charge < -0.3 is 9.64 Å². The van der Waals surface area contributed by atoms with E-state index in [2.05, 4.69) is 16.0 Å². The topological polar surface area (TPSA) is 59.5 Å². The van der Waals surface area contributed by atoms with Crippen molar-refractivity contribution in [1.82, 2.24) is 4.98 Å². The third-order valence-electron chi connectivity index (χ3n) is 5.16. The molecule has 0 spiro atoms. The van der Waals surface area contributed by atoms with Gasteiger partial charge in [0.2, 0.25) is 0 Å². The van der Waals surface area contributed by atoms with Gasteiger partial charge in [-0.3, -0.25) is 0 Å². The molecule has 6 heteroatoms. The largest absolute Gasteiger partial charge is 0.496 e. The van der Waals surface area contributed by atoms with E-state index in [4.69, 9.17) is 4.74 Å². The fraction of sp³-hybridized carbons (Fsp3) is 0.476. The maximum absolute atomic E-state index is 12.6. The quantitative estimate of drug-likeness (QED) is 0.778. The molecule has 0 amide bonds. The van der Waals surface area contributed by atoms with Crippen molar-refractivity contribution >= 4 is 15.5 Å². The average molecular weight is 389 g/mol. The third kappa shape index (κ3) is 3.95. The van der Waals surface area contributed by atoms with E-state index in [-0.39, 0.29) is 5.03 Å². The van der Waals surface area contributed by atoms with E-state index in [9.17, 15) is 8.42 Å². The molecule has 1 fully saturated rings. The number of ether oxygens (including phenoxy) is 1. The van der Waals surface area contributed by atoms with E-state index >= 15 is 0 Å². The van der Waals surface area contributed by atoms with Crippen LogP contribution in [0.15, 0.2) is 47.6 Å². The number of methoxy groups -OCH3 is 1. The molecule has 5 nitrogen and oxygen atoms in total. The monoisotopic (exact) mass is 388 g/mol. The smallest absolute Gasteiger partial charge is 0.200 e. The Labute approximate surface area is 162 Å². The number of sulfone groups is 1. The van der Waals surface area contributed by atoms with E-state index in [0.717, 1.165) is 37.2 Å². The first-order valence-corrected chi connectivity index (χ1v) is 10.8. The summed E-state index contributed by atoms with van der Waals surface area (Å²) in [6.07, 6.45) is 4.80.